The van der Waals surface area contributed by atoms with Gasteiger partial charge in [-0.15, -0.1) is 6.42 Å². The number of nitrogens with zero attached hydrogens (tertiary/aromatic N) is 2. The average molecular weight is 412 g/mol. The number of hydrogen-bond acceptors (Lipinski definition) is 4. The van der Waals surface area contributed by atoms with E-state index in [-0.39, 0.29) is 12.2 Å². The van der Waals surface area contributed by atoms with Gasteiger partial charge in [0.1, 0.15) is 0 Å². The summed E-state index contributed by atoms with van der Waals surface area (Å²) in [6.07, 6.45) is 9.95. The summed E-state index contributed by atoms with van der Waals surface area (Å²) in [4.78, 5) is 19.0. The van der Waals surface area contributed by atoms with E-state index in [2.05, 4.69) is 42.3 Å². The molecule has 0 amide bonds. The lowest BCUT2D eigenvalue weighted by Crippen LogP contribution is -2.36. The fourth-order valence-corrected chi connectivity index (χ4v) is 4.21. The first kappa shape index (κ1) is 20.7. The van der Waals surface area contributed by atoms with E-state index >= 15 is 0 Å². The Labute approximate surface area is 182 Å². The number of aromatic nitrogens is 1. The number of carbonyl (C=O) groups excluding carboxylic acids is 1. The van der Waals surface area contributed by atoms with E-state index in [9.17, 15) is 10.1 Å². The number of hydrogen-bond donors (Lipinski definition) is 1. The van der Waals surface area contributed by atoms with Gasteiger partial charge in [-0.2, -0.15) is 5.26 Å². The topological polar surface area (TPSA) is 69.1 Å². The van der Waals surface area contributed by atoms with E-state index in [4.69, 9.17) is 11.2 Å². The van der Waals surface area contributed by atoms with Gasteiger partial charge in [0.2, 0.25) is 0 Å². The number of benzene rings is 1. The lowest BCUT2D eigenvalue weighted by molar-refractivity contribution is 0.0549. The third-order valence-electron chi connectivity index (χ3n) is 6.22. The molecule has 0 unspecified atom stereocenters. The first-order valence-corrected chi connectivity index (χ1v) is 10.4. The lowest BCUT2D eigenvalue weighted by Gasteiger charge is -2.33. The van der Waals surface area contributed by atoms with Crippen molar-refractivity contribution in [1.82, 2.24) is 9.88 Å². The molecule has 1 aromatic carbocycles. The molecule has 1 aliphatic heterocycles. The number of nitriles is 1. The highest BCUT2D eigenvalue weighted by molar-refractivity contribution is 6.10. The number of morpholine rings is 1. The Balaban J connectivity index is 1.93. The zero-order valence-electron chi connectivity index (χ0n) is 17.9. The van der Waals surface area contributed by atoms with Crippen molar-refractivity contribution < 1.29 is 9.53 Å². The van der Waals surface area contributed by atoms with Crippen molar-refractivity contribution in [2.45, 2.75) is 25.7 Å². The standard InChI is InChI=1S/C26H25N3O2/c1-5-19-7-9-23(30)24-20-8-6-18(16-27)15-21(20)28-25(24)26(3,4)17(2)14-22(19)29-10-12-31-13-11-29/h1,6-8,14-15,28H,2,9-13H2,3-4H3/b19-7-,22-14+. The maximum absolute atomic E-state index is 13.4. The zero-order valence-corrected chi connectivity index (χ0v) is 17.9. The second-order valence-electron chi connectivity index (χ2n) is 8.42. The van der Waals surface area contributed by atoms with Gasteiger partial charge in [-0.05, 0) is 23.8 Å². The molecule has 1 aliphatic carbocycles. The summed E-state index contributed by atoms with van der Waals surface area (Å²) in [5.41, 5.74) is 4.67. The number of nitrogens with one attached hydrogen (secondary N) is 1. The summed E-state index contributed by atoms with van der Waals surface area (Å²) < 4.78 is 5.50. The number of ketones is 1. The fourth-order valence-electron chi connectivity index (χ4n) is 4.21. The van der Waals surface area contributed by atoms with Crippen LogP contribution in [0.5, 0.6) is 0 Å². The second kappa shape index (κ2) is 7.95. The smallest absolute Gasteiger partial charge is 0.169 e. The Hall–Kier alpha value is -3.54. The van der Waals surface area contributed by atoms with Crippen molar-refractivity contribution in [3.63, 3.8) is 0 Å². The van der Waals surface area contributed by atoms with Crippen LogP contribution in [0.3, 0.4) is 0 Å². The number of ether oxygens (including phenoxy) is 1. The molecule has 5 heteroatoms. The van der Waals surface area contributed by atoms with Crippen LogP contribution in [-0.4, -0.2) is 42.0 Å². The van der Waals surface area contributed by atoms with Crippen LogP contribution in [-0.2, 0) is 10.2 Å². The van der Waals surface area contributed by atoms with Gasteiger partial charge in [-0.1, -0.05) is 38.5 Å². The first-order chi connectivity index (χ1) is 14.9. The van der Waals surface area contributed by atoms with Crippen molar-refractivity contribution in [2.75, 3.05) is 26.3 Å². The van der Waals surface area contributed by atoms with Crippen molar-refractivity contribution in [2.24, 2.45) is 0 Å². The number of H-pyrrole nitrogens is 1. The maximum atomic E-state index is 13.4. The zero-order chi connectivity index (χ0) is 22.2. The van der Waals surface area contributed by atoms with Crippen LogP contribution in [0.1, 0.15) is 41.9 Å². The molecule has 1 N–H and O–H groups in total. The largest absolute Gasteiger partial charge is 0.378 e. The van der Waals surface area contributed by atoms with E-state index in [1.807, 2.05) is 18.2 Å². The Morgan fingerprint density at radius 2 is 2.03 bits per heavy atom. The molecule has 2 aliphatic rings. The molecule has 5 nitrogen and oxygen atoms in total. The number of carbonyl (C=O) groups is 1. The van der Waals surface area contributed by atoms with E-state index in [0.717, 1.165) is 41.0 Å². The summed E-state index contributed by atoms with van der Waals surface area (Å²) in [6, 6.07) is 7.52. The van der Waals surface area contributed by atoms with E-state index in [1.54, 1.807) is 12.1 Å². The minimum Gasteiger partial charge on any atom is -0.378 e. The average Bonchev–Trinajstić information content (AvgIpc) is 3.18. The van der Waals surface area contributed by atoms with Gasteiger partial charge < -0.3 is 14.6 Å². The monoisotopic (exact) mass is 411 g/mol. The number of Topliss-reactive ketones (excluding diaryl/α,β-unsaturated/α-hetero) is 1. The molecule has 0 saturated carbocycles. The lowest BCUT2D eigenvalue weighted by atomic mass is 9.77. The van der Waals surface area contributed by atoms with Crippen molar-refractivity contribution in [3.8, 4) is 18.4 Å². The summed E-state index contributed by atoms with van der Waals surface area (Å²) in [6.45, 7) is 11.2. The number of aromatic amines is 1. The van der Waals surface area contributed by atoms with E-state index in [1.165, 1.54) is 0 Å². The normalized spacial score (nSPS) is 22.5. The highest BCUT2D eigenvalue weighted by Crippen LogP contribution is 2.39. The summed E-state index contributed by atoms with van der Waals surface area (Å²) in [7, 11) is 0. The SMILES string of the molecule is C#CC1=C/CC(=O)c2c([nH]c3cc(C#N)ccc23)C(C)(C)C(=C)/C=C\1N1CCOCC1. The maximum Gasteiger partial charge on any atom is 0.169 e. The Morgan fingerprint density at radius 3 is 2.71 bits per heavy atom. The van der Waals surface area contributed by atoms with E-state index in [0.29, 0.717) is 29.9 Å². The fraction of sp³-hybridized carbons (Fsp3) is 0.308. The Bertz CT molecular complexity index is 1220. The molecule has 0 bridgehead atoms. The van der Waals surface area contributed by atoms with Gasteiger partial charge in [0.25, 0.3) is 0 Å². The number of rotatable bonds is 1. The van der Waals surface area contributed by atoms with Crippen molar-refractivity contribution in [1.29, 1.82) is 5.26 Å². The molecular weight excluding hydrogens is 386 g/mol. The molecule has 2 aromatic rings. The summed E-state index contributed by atoms with van der Waals surface area (Å²) in [5, 5.41) is 10.1. The molecular formula is C26H25N3O2. The third kappa shape index (κ3) is 3.58. The quantitative estimate of drug-likeness (QED) is 0.713. The number of fused-ring (bicyclic) bond motifs is 3. The van der Waals surface area contributed by atoms with Crippen LogP contribution >= 0.6 is 0 Å². The van der Waals surface area contributed by atoms with Crippen LogP contribution < -0.4 is 0 Å². The molecule has 1 aromatic heterocycles. The van der Waals surface area contributed by atoms with Crippen molar-refractivity contribution in [3.05, 3.63) is 70.6 Å². The first-order valence-electron chi connectivity index (χ1n) is 10.4. The molecule has 156 valence electrons. The Morgan fingerprint density at radius 1 is 1.29 bits per heavy atom. The van der Waals surface area contributed by atoms with Gasteiger partial charge in [-0.25, -0.2) is 0 Å². The molecule has 4 rings (SSSR count). The minimum absolute atomic E-state index is 0.0113. The third-order valence-corrected chi connectivity index (χ3v) is 6.22. The summed E-state index contributed by atoms with van der Waals surface area (Å²) >= 11 is 0. The highest BCUT2D eigenvalue weighted by Gasteiger charge is 2.33. The predicted octanol–water partition coefficient (Wildman–Crippen LogP) is 4.24. The van der Waals surface area contributed by atoms with Gasteiger partial charge in [0.15, 0.2) is 5.78 Å². The molecule has 1 saturated heterocycles. The van der Waals surface area contributed by atoms with E-state index < -0.39 is 5.41 Å². The summed E-state index contributed by atoms with van der Waals surface area (Å²) in [5.74, 6) is 2.77. The molecule has 31 heavy (non-hydrogen) atoms. The van der Waals surface area contributed by atoms with Gasteiger partial charge in [0, 0.05) is 52.7 Å². The highest BCUT2D eigenvalue weighted by atomic mass is 16.5. The van der Waals surface area contributed by atoms with Crippen LogP contribution in [0.2, 0.25) is 0 Å². The van der Waals surface area contributed by atoms with Crippen molar-refractivity contribution >= 4 is 16.7 Å². The number of terminal acetylenes is 1. The van der Waals surface area contributed by atoms with Crippen LogP contribution in [0.4, 0.5) is 0 Å². The van der Waals surface area contributed by atoms with Gasteiger partial charge in [0.05, 0.1) is 30.5 Å². The molecule has 2 heterocycles. The molecule has 0 radical (unpaired) electrons. The molecule has 0 spiro atoms. The number of allylic oxidation sites excluding steroid dienone is 4. The predicted molar refractivity (Wildman–Crippen MR) is 122 cm³/mol. The molecule has 1 fully saturated rings. The van der Waals surface area contributed by atoms with Gasteiger partial charge in [-0.3, -0.25) is 4.79 Å². The van der Waals surface area contributed by atoms with Gasteiger partial charge >= 0.3 is 0 Å². The minimum atomic E-state index is -0.550. The Kier molecular flexibility index (Phi) is 5.31. The van der Waals surface area contributed by atoms with Crippen LogP contribution in [0, 0.1) is 23.7 Å². The van der Waals surface area contributed by atoms with Crippen LogP contribution in [0.25, 0.3) is 10.9 Å². The molecule has 0 atom stereocenters. The van der Waals surface area contributed by atoms with Crippen LogP contribution in [0.15, 0.2) is 53.8 Å². The second-order valence-corrected chi connectivity index (χ2v) is 8.42.